The molecule has 0 heterocycles. The van der Waals surface area contributed by atoms with E-state index in [0.29, 0.717) is 5.69 Å². The molecule has 1 atom stereocenters. The Hall–Kier alpha value is -2.87. The topological polar surface area (TPSA) is 79.0 Å². The number of non-ortho nitro benzene ring substituents is 1. The molecule has 0 bridgehead atoms. The molecule has 0 spiro atoms. The van der Waals surface area contributed by atoms with Gasteiger partial charge in [0.05, 0.1) is 16.2 Å². The predicted molar refractivity (Wildman–Crippen MR) is 81.0 cm³/mol. The number of hydrogen-bond donors (Lipinski definition) is 1. The van der Waals surface area contributed by atoms with Crippen molar-refractivity contribution in [2.24, 2.45) is 0 Å². The van der Waals surface area contributed by atoms with Crippen molar-refractivity contribution in [3.63, 3.8) is 0 Å². The third-order valence-electron chi connectivity index (χ3n) is 3.12. The maximum absolute atomic E-state index is 10.7. The third kappa shape index (κ3) is 3.80. The molecule has 0 aliphatic rings. The predicted octanol–water partition coefficient (Wildman–Crippen LogP) is 3.51. The van der Waals surface area contributed by atoms with E-state index in [0.717, 1.165) is 6.42 Å². The number of nitro benzene ring substituents is 1. The van der Waals surface area contributed by atoms with Gasteiger partial charge in [0, 0.05) is 18.2 Å². The summed E-state index contributed by atoms with van der Waals surface area (Å²) in [5, 5.41) is 23.1. The Morgan fingerprint density at radius 3 is 2.62 bits per heavy atom. The van der Waals surface area contributed by atoms with E-state index in [2.05, 4.69) is 5.32 Å². The second kappa shape index (κ2) is 6.53. The molecule has 2 rings (SSSR count). The zero-order valence-corrected chi connectivity index (χ0v) is 11.6. The van der Waals surface area contributed by atoms with Crippen LogP contribution in [0.3, 0.4) is 0 Å². The van der Waals surface area contributed by atoms with E-state index in [4.69, 9.17) is 5.26 Å². The molecule has 0 aromatic heterocycles. The van der Waals surface area contributed by atoms with Crippen LogP contribution < -0.4 is 5.32 Å². The number of hydrogen-bond acceptors (Lipinski definition) is 4. The summed E-state index contributed by atoms with van der Waals surface area (Å²) < 4.78 is 0. The molecule has 106 valence electrons. The van der Waals surface area contributed by atoms with Crippen LogP contribution in [0.2, 0.25) is 0 Å². The van der Waals surface area contributed by atoms with Gasteiger partial charge >= 0.3 is 0 Å². The van der Waals surface area contributed by atoms with E-state index < -0.39 is 4.92 Å². The smallest absolute Gasteiger partial charge is 0.270 e. The molecular weight excluding hydrogens is 266 g/mol. The van der Waals surface area contributed by atoms with E-state index in [-0.39, 0.29) is 17.3 Å². The molecule has 21 heavy (non-hydrogen) atoms. The van der Waals surface area contributed by atoms with Crippen LogP contribution in [-0.2, 0) is 6.42 Å². The number of benzene rings is 2. The lowest BCUT2D eigenvalue weighted by atomic mass is 10.1. The molecule has 1 N–H and O–H groups in total. The first kappa shape index (κ1) is 14.5. The van der Waals surface area contributed by atoms with E-state index in [1.54, 1.807) is 6.07 Å². The first-order valence-electron chi connectivity index (χ1n) is 6.59. The van der Waals surface area contributed by atoms with Gasteiger partial charge in [-0.3, -0.25) is 10.1 Å². The molecule has 0 saturated heterocycles. The number of nitro groups is 1. The molecule has 0 fully saturated rings. The highest BCUT2D eigenvalue weighted by Gasteiger charge is 2.12. The Balaban J connectivity index is 2.12. The summed E-state index contributed by atoms with van der Waals surface area (Å²) in [7, 11) is 0. The maximum Gasteiger partial charge on any atom is 0.270 e. The lowest BCUT2D eigenvalue weighted by Crippen LogP contribution is -2.18. The molecule has 0 saturated carbocycles. The SMILES string of the molecule is CC(Cc1ccccc1)Nc1ccc([N+](=O)[O-])cc1C#N. The minimum atomic E-state index is -0.502. The van der Waals surface area contributed by atoms with Crippen LogP contribution in [0.1, 0.15) is 18.1 Å². The minimum Gasteiger partial charge on any atom is -0.381 e. The third-order valence-corrected chi connectivity index (χ3v) is 3.12. The molecule has 2 aromatic rings. The van der Waals surface area contributed by atoms with Gasteiger partial charge < -0.3 is 5.32 Å². The van der Waals surface area contributed by atoms with Gasteiger partial charge in [-0.15, -0.1) is 0 Å². The van der Waals surface area contributed by atoms with E-state index >= 15 is 0 Å². The van der Waals surface area contributed by atoms with Crippen molar-refractivity contribution in [2.75, 3.05) is 5.32 Å². The first-order chi connectivity index (χ1) is 10.1. The lowest BCUT2D eigenvalue weighted by molar-refractivity contribution is -0.384. The molecule has 2 aromatic carbocycles. The van der Waals surface area contributed by atoms with Crippen LogP contribution in [0, 0.1) is 21.4 Å². The summed E-state index contributed by atoms with van der Waals surface area (Å²) in [6.45, 7) is 2.01. The number of anilines is 1. The van der Waals surface area contributed by atoms with Crippen LogP contribution in [0.15, 0.2) is 48.5 Å². The first-order valence-corrected chi connectivity index (χ1v) is 6.59. The average molecular weight is 281 g/mol. The fraction of sp³-hybridized carbons (Fsp3) is 0.188. The van der Waals surface area contributed by atoms with Gasteiger partial charge in [-0.2, -0.15) is 5.26 Å². The van der Waals surface area contributed by atoms with Crippen molar-refractivity contribution in [1.82, 2.24) is 0 Å². The summed E-state index contributed by atoms with van der Waals surface area (Å²) in [5.41, 5.74) is 2.02. The van der Waals surface area contributed by atoms with Gasteiger partial charge in [-0.25, -0.2) is 0 Å². The molecule has 0 amide bonds. The van der Waals surface area contributed by atoms with E-state index in [1.807, 2.05) is 43.3 Å². The average Bonchev–Trinajstić information content (AvgIpc) is 2.48. The van der Waals surface area contributed by atoms with Crippen molar-refractivity contribution in [1.29, 1.82) is 5.26 Å². The van der Waals surface area contributed by atoms with Crippen LogP contribution in [0.4, 0.5) is 11.4 Å². The minimum absolute atomic E-state index is 0.0761. The van der Waals surface area contributed by atoms with Gasteiger partial charge in [0.1, 0.15) is 6.07 Å². The van der Waals surface area contributed by atoms with E-state index in [1.165, 1.54) is 17.7 Å². The van der Waals surface area contributed by atoms with E-state index in [9.17, 15) is 10.1 Å². The van der Waals surface area contributed by atoms with Crippen LogP contribution in [0.25, 0.3) is 0 Å². The number of nitriles is 1. The highest BCUT2D eigenvalue weighted by Crippen LogP contribution is 2.22. The quantitative estimate of drug-likeness (QED) is 0.672. The summed E-state index contributed by atoms with van der Waals surface area (Å²) in [4.78, 5) is 10.2. The zero-order valence-electron chi connectivity index (χ0n) is 11.6. The Kier molecular flexibility index (Phi) is 4.52. The summed E-state index contributed by atoms with van der Waals surface area (Å²) >= 11 is 0. The Morgan fingerprint density at radius 2 is 2.00 bits per heavy atom. The molecule has 0 radical (unpaired) electrons. The van der Waals surface area contributed by atoms with Crippen molar-refractivity contribution in [3.8, 4) is 6.07 Å². The van der Waals surface area contributed by atoms with Crippen molar-refractivity contribution < 1.29 is 4.92 Å². The van der Waals surface area contributed by atoms with Gasteiger partial charge in [-0.1, -0.05) is 30.3 Å². The Morgan fingerprint density at radius 1 is 1.29 bits per heavy atom. The second-order valence-electron chi connectivity index (χ2n) is 4.83. The monoisotopic (exact) mass is 281 g/mol. The number of nitrogens with one attached hydrogen (secondary N) is 1. The molecule has 5 heteroatoms. The summed E-state index contributed by atoms with van der Waals surface area (Å²) in [5.74, 6) is 0. The normalized spacial score (nSPS) is 11.4. The van der Waals surface area contributed by atoms with Crippen LogP contribution >= 0.6 is 0 Å². The molecule has 1 unspecified atom stereocenters. The second-order valence-corrected chi connectivity index (χ2v) is 4.83. The van der Waals surface area contributed by atoms with Crippen molar-refractivity contribution in [3.05, 3.63) is 69.8 Å². The molecule has 0 aliphatic heterocycles. The summed E-state index contributed by atoms with van der Waals surface area (Å²) in [6, 6.07) is 16.4. The van der Waals surface area contributed by atoms with Crippen molar-refractivity contribution >= 4 is 11.4 Å². The fourth-order valence-electron chi connectivity index (χ4n) is 2.15. The molecule has 0 aliphatic carbocycles. The molecule has 5 nitrogen and oxygen atoms in total. The number of nitrogens with zero attached hydrogens (tertiary/aromatic N) is 2. The van der Waals surface area contributed by atoms with Crippen molar-refractivity contribution in [2.45, 2.75) is 19.4 Å². The fourth-order valence-corrected chi connectivity index (χ4v) is 2.15. The highest BCUT2D eigenvalue weighted by molar-refractivity contribution is 5.61. The highest BCUT2D eigenvalue weighted by atomic mass is 16.6. The Labute approximate surface area is 123 Å². The van der Waals surface area contributed by atoms with Gasteiger partial charge in [0.25, 0.3) is 5.69 Å². The zero-order chi connectivity index (χ0) is 15.2. The Bertz CT molecular complexity index is 678. The molecular formula is C16H15N3O2. The standard InChI is InChI=1S/C16H15N3O2/c1-12(9-13-5-3-2-4-6-13)18-16-8-7-15(19(20)21)10-14(16)11-17/h2-8,10,12,18H,9H2,1H3. The number of rotatable bonds is 5. The largest absolute Gasteiger partial charge is 0.381 e. The summed E-state index contributed by atoms with van der Waals surface area (Å²) in [6.07, 6.45) is 0.808. The van der Waals surface area contributed by atoms with Crippen LogP contribution in [-0.4, -0.2) is 11.0 Å². The lowest BCUT2D eigenvalue weighted by Gasteiger charge is -2.16. The van der Waals surface area contributed by atoms with Gasteiger partial charge in [0.2, 0.25) is 0 Å². The van der Waals surface area contributed by atoms with Crippen LogP contribution in [0.5, 0.6) is 0 Å². The van der Waals surface area contributed by atoms with Gasteiger partial charge in [-0.05, 0) is 25.0 Å². The van der Waals surface area contributed by atoms with Gasteiger partial charge in [0.15, 0.2) is 0 Å². The maximum atomic E-state index is 10.7.